The third kappa shape index (κ3) is 8.77. The number of H-pyrrole nitrogens is 3. The number of rotatable bonds is 14. The zero-order valence-electron chi connectivity index (χ0n) is 30.6. The number of aliphatic hydroxyl groups is 4. The number of nitrogens with one attached hydrogen (secondary N) is 3. The van der Waals surface area contributed by atoms with Crippen molar-refractivity contribution in [1.29, 1.82) is 0 Å². The predicted molar refractivity (Wildman–Crippen MR) is 193 cm³/mol. The highest BCUT2D eigenvalue weighted by Gasteiger charge is 2.52. The number of hydrogen-bond acceptors (Lipinski definition) is 21. The molecule has 4 aromatic rings. The van der Waals surface area contributed by atoms with Gasteiger partial charge in [-0.15, -0.1) is 0 Å². The summed E-state index contributed by atoms with van der Waals surface area (Å²) >= 11 is 0. The Morgan fingerprint density at radius 3 is 2.08 bits per heavy atom. The zero-order chi connectivity index (χ0) is 43.4. The lowest BCUT2D eigenvalue weighted by molar-refractivity contribution is -0.0629. The molecule has 328 valence electrons. The minimum Gasteiger partial charge on any atom is -0.394 e. The summed E-state index contributed by atoms with van der Waals surface area (Å²) in [7, 11) is -10.7. The van der Waals surface area contributed by atoms with E-state index in [1.54, 1.807) is 0 Å². The highest BCUT2D eigenvalue weighted by atomic mass is 31.2. The van der Waals surface area contributed by atoms with Gasteiger partial charge < -0.3 is 50.2 Å². The molecule has 4 aromatic heterocycles. The lowest BCUT2D eigenvalue weighted by Gasteiger charge is -2.25. The van der Waals surface area contributed by atoms with E-state index in [1.807, 2.05) is 4.98 Å². The molecule has 0 aromatic carbocycles. The van der Waals surface area contributed by atoms with Gasteiger partial charge in [0.05, 0.1) is 32.3 Å². The van der Waals surface area contributed by atoms with E-state index in [4.69, 9.17) is 38.0 Å². The third-order valence-electron chi connectivity index (χ3n) is 9.62. The molecule has 5 unspecified atom stereocenters. The van der Waals surface area contributed by atoms with Gasteiger partial charge in [0.1, 0.15) is 49.0 Å². The maximum atomic E-state index is 13.3. The van der Waals surface area contributed by atoms with Crippen LogP contribution in [-0.4, -0.2) is 137 Å². The Labute approximate surface area is 331 Å². The van der Waals surface area contributed by atoms with Gasteiger partial charge in [0.15, 0.2) is 23.6 Å². The number of nitrogen functional groups attached to an aromatic ring is 1. The van der Waals surface area contributed by atoms with Gasteiger partial charge in [-0.3, -0.25) is 61.1 Å². The van der Waals surface area contributed by atoms with Crippen molar-refractivity contribution in [1.82, 2.24) is 38.6 Å². The number of nitrogens with zero attached hydrogens (tertiary/aromatic N) is 5. The fraction of sp³-hybridized carbons (Fsp3) is 0.552. The molecular weight excluding hydrogens is 856 g/mol. The van der Waals surface area contributed by atoms with E-state index in [-0.39, 0.29) is 29.1 Å². The average Bonchev–Trinajstić information content (AvgIpc) is 3.92. The van der Waals surface area contributed by atoms with Crippen LogP contribution in [0, 0.1) is 6.92 Å². The number of imidazole rings is 1. The second-order valence-electron chi connectivity index (χ2n) is 13.7. The van der Waals surface area contributed by atoms with Crippen molar-refractivity contribution >= 4 is 32.8 Å². The maximum Gasteiger partial charge on any atom is 0.472 e. The fourth-order valence-electron chi connectivity index (χ4n) is 6.74. The smallest absolute Gasteiger partial charge is 0.394 e. The van der Waals surface area contributed by atoms with E-state index >= 15 is 0 Å². The van der Waals surface area contributed by atoms with Crippen LogP contribution in [-0.2, 0) is 41.4 Å². The number of aryl methyl sites for hydroxylation is 1. The second-order valence-corrected chi connectivity index (χ2v) is 16.5. The predicted octanol–water partition coefficient (Wildman–Crippen LogP) is -4.73. The summed E-state index contributed by atoms with van der Waals surface area (Å²) in [5.74, 6) is -0.312. The molecule has 0 amide bonds. The molecular formula is C29H37N9O20P2. The molecule has 3 aliphatic heterocycles. The summed E-state index contributed by atoms with van der Waals surface area (Å²) in [6, 6.07) is 0.880. The molecule has 0 saturated carbocycles. The first-order valence-corrected chi connectivity index (χ1v) is 20.5. The van der Waals surface area contributed by atoms with E-state index in [0.29, 0.717) is 4.57 Å². The van der Waals surface area contributed by atoms with Gasteiger partial charge in [0, 0.05) is 30.4 Å². The molecule has 7 heterocycles. The Hall–Kier alpha value is -4.55. The lowest BCUT2D eigenvalue weighted by atomic mass is 10.1. The number of aromatic nitrogens is 8. The number of fused-ring (bicyclic) bond motifs is 1. The van der Waals surface area contributed by atoms with Crippen molar-refractivity contribution in [2.75, 3.05) is 25.6 Å². The topological polar surface area (TPSA) is 419 Å². The van der Waals surface area contributed by atoms with Crippen LogP contribution in [0.5, 0.6) is 0 Å². The maximum absolute atomic E-state index is 13.3. The molecule has 60 heavy (non-hydrogen) atoms. The Morgan fingerprint density at radius 2 is 1.43 bits per heavy atom. The van der Waals surface area contributed by atoms with Crippen molar-refractivity contribution < 1.29 is 71.6 Å². The first kappa shape index (κ1) is 43.5. The summed E-state index contributed by atoms with van der Waals surface area (Å²) in [5, 5.41) is 42.9. The van der Waals surface area contributed by atoms with Crippen LogP contribution in [0.2, 0.25) is 0 Å². The standard InChI is InChI=1S/C29H37N9O20P2/c1-10-5-37(29(47)35-23(10)44)16-4-11(40)13(54-16)7-52-59(48,49)58-21-14(56-25(19(21)43)36-3-2-15(41)32-28(36)46)8-53-60(50,51)57-20-12(6-39)55-26(18(20)42)38-9-31-17-22(38)33-27(30)34-24(17)45/h2-3,5,9,11-14,16,18-21,25-26,39-40,42-43H,4,6-8H2,1H3,(H,48,49)(H,50,51)(H,32,41,46)(H,35,44,47)(H3,30,33,34,45)/t11?,12-,13-,14-,16-,18+,19+,20?,21?,25-,26-/m1/s1. The highest BCUT2D eigenvalue weighted by molar-refractivity contribution is 7.47. The first-order chi connectivity index (χ1) is 28.3. The average molecular weight is 894 g/mol. The van der Waals surface area contributed by atoms with Gasteiger partial charge in [0.2, 0.25) is 5.95 Å². The van der Waals surface area contributed by atoms with Crippen molar-refractivity contribution in [3.05, 3.63) is 82.4 Å². The van der Waals surface area contributed by atoms with E-state index < -0.39 is 131 Å². The van der Waals surface area contributed by atoms with Gasteiger partial charge in [-0.1, -0.05) is 0 Å². The van der Waals surface area contributed by atoms with Gasteiger partial charge >= 0.3 is 27.0 Å². The number of aliphatic hydroxyl groups excluding tert-OH is 4. The largest absolute Gasteiger partial charge is 0.472 e. The van der Waals surface area contributed by atoms with Gasteiger partial charge in [-0.2, -0.15) is 4.98 Å². The van der Waals surface area contributed by atoms with Gasteiger partial charge in [-0.25, -0.2) is 23.7 Å². The van der Waals surface area contributed by atoms with Crippen LogP contribution >= 0.6 is 15.6 Å². The molecule has 13 atom stereocenters. The molecule has 11 N–H and O–H groups in total. The van der Waals surface area contributed by atoms with Crippen LogP contribution in [0.3, 0.4) is 0 Å². The van der Waals surface area contributed by atoms with Crippen molar-refractivity contribution in [3.63, 3.8) is 0 Å². The highest BCUT2D eigenvalue weighted by Crippen LogP contribution is 2.52. The normalized spacial score (nSPS) is 31.4. The Kier molecular flexibility index (Phi) is 12.1. The quantitative estimate of drug-likeness (QED) is 0.0531. The number of hydrogen-bond donors (Lipinski definition) is 10. The number of anilines is 1. The van der Waals surface area contributed by atoms with E-state index in [9.17, 15) is 63.3 Å². The first-order valence-electron chi connectivity index (χ1n) is 17.5. The Bertz CT molecular complexity index is 2640. The number of nitrogens with two attached hydrogens (primary N) is 1. The monoisotopic (exact) mass is 893 g/mol. The summed E-state index contributed by atoms with van der Waals surface area (Å²) < 4.78 is 66.7. The van der Waals surface area contributed by atoms with Crippen molar-refractivity contribution in [2.45, 2.75) is 80.9 Å². The molecule has 3 saturated heterocycles. The summed E-state index contributed by atoms with van der Waals surface area (Å²) in [4.78, 5) is 96.2. The Balaban J connectivity index is 1.05. The summed E-state index contributed by atoms with van der Waals surface area (Å²) in [6.45, 7) is -1.42. The molecule has 3 fully saturated rings. The molecule has 0 radical (unpaired) electrons. The zero-order valence-corrected chi connectivity index (χ0v) is 32.4. The third-order valence-corrected chi connectivity index (χ3v) is 11.6. The minimum absolute atomic E-state index is 0.152. The summed E-state index contributed by atoms with van der Waals surface area (Å²) in [5.41, 5.74) is 1.25. The van der Waals surface area contributed by atoms with Crippen LogP contribution in [0.1, 0.15) is 30.7 Å². The van der Waals surface area contributed by atoms with Crippen LogP contribution in [0.4, 0.5) is 5.95 Å². The molecule has 3 aliphatic rings. The molecule has 7 rings (SSSR count). The Morgan fingerprint density at radius 1 is 0.833 bits per heavy atom. The summed E-state index contributed by atoms with van der Waals surface area (Å²) in [6.07, 6.45) is -15.3. The molecule has 0 spiro atoms. The van der Waals surface area contributed by atoms with Gasteiger partial charge in [-0.05, 0) is 6.92 Å². The van der Waals surface area contributed by atoms with Crippen molar-refractivity contribution in [3.8, 4) is 0 Å². The van der Waals surface area contributed by atoms with Gasteiger partial charge in [0.25, 0.3) is 16.7 Å². The number of phosphoric ester groups is 2. The molecule has 0 bridgehead atoms. The van der Waals surface area contributed by atoms with Crippen LogP contribution in [0.15, 0.2) is 48.8 Å². The van der Waals surface area contributed by atoms with Crippen molar-refractivity contribution in [2.24, 2.45) is 0 Å². The number of aromatic amines is 3. The molecule has 29 nitrogen and oxygen atoms in total. The second kappa shape index (κ2) is 16.7. The number of phosphoric acid groups is 2. The molecule has 31 heteroatoms. The molecule has 0 aliphatic carbocycles. The van der Waals surface area contributed by atoms with E-state index in [0.717, 1.165) is 27.7 Å². The SMILES string of the molecule is Cc1cn([C@H]2CC(O)[C@@H](COP(=O)(O)OC3[C@@H](COP(=O)(O)OC4[C@@H](CO)O[C@@H](n5cnc6c(=O)[nH]c(N)nc65)[C@H]4O)O[C@@H](n4ccc(=O)[nH]c4=O)[C@H]3O)O2)c(=O)[nH]c1=O. The van der Waals surface area contributed by atoms with E-state index in [2.05, 4.69) is 19.9 Å². The van der Waals surface area contributed by atoms with E-state index in [1.165, 1.54) is 13.1 Å². The number of ether oxygens (including phenoxy) is 3. The minimum atomic E-state index is -5.38. The van der Waals surface area contributed by atoms with Crippen LogP contribution in [0.25, 0.3) is 11.2 Å². The fourth-order valence-corrected chi connectivity index (χ4v) is 8.67. The van der Waals surface area contributed by atoms with Crippen LogP contribution < -0.4 is 33.8 Å². The lowest BCUT2D eigenvalue weighted by Crippen LogP contribution is -2.39.